The number of hydrogen-bond acceptors (Lipinski definition) is 1. The first-order valence-electron chi connectivity index (χ1n) is 7.03. The van der Waals surface area contributed by atoms with Gasteiger partial charge in [0.2, 0.25) is 0 Å². The summed E-state index contributed by atoms with van der Waals surface area (Å²) in [6.45, 7) is 4.59. The third-order valence-corrected chi connectivity index (χ3v) is 3.47. The molecule has 0 aliphatic carbocycles. The molecule has 0 bridgehead atoms. The Bertz CT molecular complexity index is 585. The molecular weight excluding hydrogens is 275 g/mol. The molecule has 0 aromatic heterocycles. The van der Waals surface area contributed by atoms with Gasteiger partial charge >= 0.3 is 0 Å². The van der Waals surface area contributed by atoms with E-state index in [4.69, 9.17) is 0 Å². The molecule has 0 heterocycles. The molecule has 2 aromatic carbocycles. The van der Waals surface area contributed by atoms with E-state index in [0.717, 1.165) is 24.1 Å². The molecule has 112 valence electrons. The van der Waals surface area contributed by atoms with Crippen LogP contribution in [0, 0.1) is 17.5 Å². The van der Waals surface area contributed by atoms with Crippen LogP contribution < -0.4 is 5.32 Å². The van der Waals surface area contributed by atoms with Crippen LogP contribution in [0.15, 0.2) is 36.4 Å². The topological polar surface area (TPSA) is 12.0 Å². The van der Waals surface area contributed by atoms with E-state index in [1.165, 1.54) is 5.56 Å². The van der Waals surface area contributed by atoms with E-state index in [0.29, 0.717) is 12.1 Å². The average Bonchev–Trinajstić information content (AvgIpc) is 2.50. The summed E-state index contributed by atoms with van der Waals surface area (Å²) in [7, 11) is 0. The zero-order valence-electron chi connectivity index (χ0n) is 12.1. The Morgan fingerprint density at radius 1 is 0.905 bits per heavy atom. The maximum Gasteiger partial charge on any atom is 0.194 e. The minimum absolute atomic E-state index is 0.370. The van der Waals surface area contributed by atoms with E-state index in [9.17, 15) is 13.2 Å². The highest BCUT2D eigenvalue weighted by atomic mass is 19.2. The third-order valence-electron chi connectivity index (χ3n) is 3.47. The molecule has 0 amide bonds. The Labute approximate surface area is 122 Å². The van der Waals surface area contributed by atoms with Gasteiger partial charge in [0.15, 0.2) is 17.5 Å². The lowest BCUT2D eigenvalue weighted by Gasteiger charge is -2.19. The SMILES string of the molecule is CCNC(c1ccc(CC)cc1)c1cc(F)c(F)c(F)c1. The van der Waals surface area contributed by atoms with E-state index in [1.54, 1.807) is 0 Å². The number of nitrogens with one attached hydrogen (secondary N) is 1. The molecule has 4 heteroatoms. The predicted molar refractivity (Wildman–Crippen MR) is 77.7 cm³/mol. The molecule has 21 heavy (non-hydrogen) atoms. The van der Waals surface area contributed by atoms with Gasteiger partial charge in [-0.05, 0) is 41.8 Å². The van der Waals surface area contributed by atoms with Gasteiger partial charge in [-0.15, -0.1) is 0 Å². The zero-order valence-corrected chi connectivity index (χ0v) is 12.1. The fourth-order valence-corrected chi connectivity index (χ4v) is 2.32. The summed E-state index contributed by atoms with van der Waals surface area (Å²) in [5.74, 6) is -3.77. The van der Waals surface area contributed by atoms with Crippen molar-refractivity contribution in [3.8, 4) is 0 Å². The molecule has 1 nitrogen and oxygen atoms in total. The lowest BCUT2D eigenvalue weighted by molar-refractivity contribution is 0.442. The first-order valence-corrected chi connectivity index (χ1v) is 7.03. The molecule has 2 rings (SSSR count). The normalized spacial score (nSPS) is 12.4. The second kappa shape index (κ2) is 6.76. The van der Waals surface area contributed by atoms with Crippen LogP contribution in [0.2, 0.25) is 0 Å². The minimum Gasteiger partial charge on any atom is -0.307 e. The monoisotopic (exact) mass is 293 g/mol. The summed E-state index contributed by atoms with van der Waals surface area (Å²) in [5, 5.41) is 3.17. The Morgan fingerprint density at radius 2 is 1.48 bits per heavy atom. The smallest absolute Gasteiger partial charge is 0.194 e. The van der Waals surface area contributed by atoms with Crippen LogP contribution >= 0.6 is 0 Å². The fourth-order valence-electron chi connectivity index (χ4n) is 2.32. The molecule has 0 aliphatic heterocycles. The number of hydrogen-bond donors (Lipinski definition) is 1. The van der Waals surface area contributed by atoms with Gasteiger partial charge in [0.05, 0.1) is 6.04 Å². The average molecular weight is 293 g/mol. The van der Waals surface area contributed by atoms with E-state index in [-0.39, 0.29) is 6.04 Å². The van der Waals surface area contributed by atoms with E-state index in [2.05, 4.69) is 12.2 Å². The first-order chi connectivity index (χ1) is 10.1. The number of halogens is 3. The van der Waals surface area contributed by atoms with Gasteiger partial charge < -0.3 is 5.32 Å². The second-order valence-corrected chi connectivity index (χ2v) is 4.88. The van der Waals surface area contributed by atoms with Gasteiger partial charge in [0.1, 0.15) is 0 Å². The standard InChI is InChI=1S/C17H18F3N/c1-3-11-5-7-12(8-6-11)17(21-4-2)13-9-14(18)16(20)15(19)10-13/h5-10,17,21H,3-4H2,1-2H3. The molecule has 1 unspecified atom stereocenters. The van der Waals surface area contributed by atoms with Gasteiger partial charge in [-0.2, -0.15) is 0 Å². The summed E-state index contributed by atoms with van der Waals surface area (Å²) in [5.41, 5.74) is 2.45. The number of aryl methyl sites for hydroxylation is 1. The third kappa shape index (κ3) is 3.45. The van der Waals surface area contributed by atoms with Crippen molar-refractivity contribution in [3.05, 3.63) is 70.5 Å². The highest BCUT2D eigenvalue weighted by Gasteiger charge is 2.18. The quantitative estimate of drug-likeness (QED) is 0.807. The lowest BCUT2D eigenvalue weighted by atomic mass is 9.97. The van der Waals surface area contributed by atoms with Gasteiger partial charge in [0, 0.05) is 0 Å². The predicted octanol–water partition coefficient (Wildman–Crippen LogP) is 4.37. The van der Waals surface area contributed by atoms with Gasteiger partial charge in [0.25, 0.3) is 0 Å². The Balaban J connectivity index is 2.42. The highest BCUT2D eigenvalue weighted by molar-refractivity contribution is 5.34. The summed E-state index contributed by atoms with van der Waals surface area (Å²) < 4.78 is 40.0. The van der Waals surface area contributed by atoms with Crippen molar-refractivity contribution in [1.82, 2.24) is 5.32 Å². The van der Waals surface area contributed by atoms with Crippen LogP contribution in [0.1, 0.15) is 36.6 Å². The molecule has 0 radical (unpaired) electrons. The van der Waals surface area contributed by atoms with Crippen molar-refractivity contribution >= 4 is 0 Å². The van der Waals surface area contributed by atoms with Crippen LogP contribution in [0.25, 0.3) is 0 Å². The van der Waals surface area contributed by atoms with Gasteiger partial charge in [-0.1, -0.05) is 38.1 Å². The largest absolute Gasteiger partial charge is 0.307 e. The van der Waals surface area contributed by atoms with Crippen LogP contribution in [0.4, 0.5) is 13.2 Å². The highest BCUT2D eigenvalue weighted by Crippen LogP contribution is 2.25. The number of benzene rings is 2. The maximum atomic E-state index is 13.4. The molecule has 0 saturated heterocycles. The molecule has 0 saturated carbocycles. The van der Waals surface area contributed by atoms with Crippen molar-refractivity contribution in [2.75, 3.05) is 6.54 Å². The van der Waals surface area contributed by atoms with Crippen molar-refractivity contribution in [2.45, 2.75) is 26.3 Å². The van der Waals surface area contributed by atoms with Crippen LogP contribution in [0.5, 0.6) is 0 Å². The molecule has 2 aromatic rings. The van der Waals surface area contributed by atoms with Crippen LogP contribution in [0.3, 0.4) is 0 Å². The zero-order chi connectivity index (χ0) is 15.4. The first kappa shape index (κ1) is 15.6. The van der Waals surface area contributed by atoms with Crippen molar-refractivity contribution in [3.63, 3.8) is 0 Å². The van der Waals surface area contributed by atoms with E-state index >= 15 is 0 Å². The molecular formula is C17H18F3N. The molecule has 0 spiro atoms. The summed E-state index contributed by atoms with van der Waals surface area (Å²) in [4.78, 5) is 0. The van der Waals surface area contributed by atoms with E-state index in [1.807, 2.05) is 31.2 Å². The van der Waals surface area contributed by atoms with E-state index < -0.39 is 17.5 Å². The minimum atomic E-state index is -1.43. The lowest BCUT2D eigenvalue weighted by Crippen LogP contribution is -2.22. The molecule has 1 N–H and O–H groups in total. The van der Waals surface area contributed by atoms with Crippen molar-refractivity contribution < 1.29 is 13.2 Å². The summed E-state index contributed by atoms with van der Waals surface area (Å²) in [6.07, 6.45) is 0.923. The van der Waals surface area contributed by atoms with Crippen LogP contribution in [-0.2, 0) is 6.42 Å². The van der Waals surface area contributed by atoms with Crippen LogP contribution in [-0.4, -0.2) is 6.54 Å². The molecule has 1 atom stereocenters. The summed E-state index contributed by atoms with van der Waals surface area (Å²) >= 11 is 0. The Kier molecular flexibility index (Phi) is 5.02. The summed E-state index contributed by atoms with van der Waals surface area (Å²) in [6, 6.07) is 9.52. The number of rotatable bonds is 5. The fraction of sp³-hybridized carbons (Fsp3) is 0.294. The van der Waals surface area contributed by atoms with Gasteiger partial charge in [-0.3, -0.25) is 0 Å². The van der Waals surface area contributed by atoms with Gasteiger partial charge in [-0.25, -0.2) is 13.2 Å². The Morgan fingerprint density at radius 3 is 1.95 bits per heavy atom. The molecule has 0 aliphatic rings. The van der Waals surface area contributed by atoms with Crippen molar-refractivity contribution in [1.29, 1.82) is 0 Å². The second-order valence-electron chi connectivity index (χ2n) is 4.88. The Hall–Kier alpha value is -1.81. The maximum absolute atomic E-state index is 13.4. The van der Waals surface area contributed by atoms with Crippen molar-refractivity contribution in [2.24, 2.45) is 0 Å². The molecule has 0 fully saturated rings.